The first-order valence-corrected chi connectivity index (χ1v) is 6.97. The van der Waals surface area contributed by atoms with Crippen molar-refractivity contribution in [3.63, 3.8) is 0 Å². The first-order valence-electron chi connectivity index (χ1n) is 6.97. The maximum absolute atomic E-state index is 11.5. The number of hydrogen-bond donors (Lipinski definition) is 1. The SMILES string of the molecule is CC1CCC(CCCC2CCCO2)(C(=O)O)C1. The highest BCUT2D eigenvalue weighted by molar-refractivity contribution is 5.75. The van der Waals surface area contributed by atoms with Crippen molar-refractivity contribution in [1.29, 1.82) is 0 Å². The third-order valence-electron chi connectivity index (χ3n) is 4.51. The smallest absolute Gasteiger partial charge is 0.309 e. The number of carboxylic acids is 1. The highest BCUT2D eigenvalue weighted by atomic mass is 16.5. The van der Waals surface area contributed by atoms with Crippen molar-refractivity contribution in [2.75, 3.05) is 6.61 Å². The molecule has 1 N–H and O–H groups in total. The number of carbonyl (C=O) groups is 1. The van der Waals surface area contributed by atoms with Gasteiger partial charge in [0.25, 0.3) is 0 Å². The van der Waals surface area contributed by atoms with Gasteiger partial charge in [0, 0.05) is 6.61 Å². The minimum absolute atomic E-state index is 0.402. The molecule has 0 aromatic heterocycles. The first kappa shape index (κ1) is 12.9. The summed E-state index contributed by atoms with van der Waals surface area (Å²) < 4.78 is 5.58. The van der Waals surface area contributed by atoms with Crippen molar-refractivity contribution >= 4 is 5.97 Å². The van der Waals surface area contributed by atoms with Crippen LogP contribution in [-0.2, 0) is 9.53 Å². The molecule has 1 aliphatic carbocycles. The third-order valence-corrected chi connectivity index (χ3v) is 4.51. The van der Waals surface area contributed by atoms with Gasteiger partial charge in [0.05, 0.1) is 11.5 Å². The Kier molecular flexibility index (Phi) is 4.08. The highest BCUT2D eigenvalue weighted by Gasteiger charge is 2.43. The summed E-state index contributed by atoms with van der Waals surface area (Å²) in [4.78, 5) is 11.5. The van der Waals surface area contributed by atoms with E-state index in [1.165, 1.54) is 6.42 Å². The van der Waals surface area contributed by atoms with Gasteiger partial charge in [-0.3, -0.25) is 4.79 Å². The Bertz CT molecular complexity index is 271. The molecule has 1 heterocycles. The van der Waals surface area contributed by atoms with Gasteiger partial charge in [-0.15, -0.1) is 0 Å². The molecule has 2 fully saturated rings. The zero-order valence-electron chi connectivity index (χ0n) is 10.8. The number of aliphatic carboxylic acids is 1. The van der Waals surface area contributed by atoms with Gasteiger partial charge in [0.1, 0.15) is 0 Å². The van der Waals surface area contributed by atoms with Crippen LogP contribution in [0.2, 0.25) is 0 Å². The van der Waals surface area contributed by atoms with Crippen LogP contribution in [0, 0.1) is 11.3 Å². The molecular weight excluding hydrogens is 216 g/mol. The quantitative estimate of drug-likeness (QED) is 0.802. The highest BCUT2D eigenvalue weighted by Crippen LogP contribution is 2.45. The van der Waals surface area contributed by atoms with Crippen molar-refractivity contribution in [3.8, 4) is 0 Å². The van der Waals surface area contributed by atoms with Crippen LogP contribution in [0.1, 0.15) is 58.3 Å². The lowest BCUT2D eigenvalue weighted by molar-refractivity contribution is -0.149. The summed E-state index contributed by atoms with van der Waals surface area (Å²) in [5, 5.41) is 9.44. The average Bonchev–Trinajstić information content (AvgIpc) is 2.89. The van der Waals surface area contributed by atoms with E-state index in [9.17, 15) is 9.90 Å². The standard InChI is InChI=1S/C14H24O3/c1-11-6-8-14(10-11,13(15)16)7-2-4-12-5-3-9-17-12/h11-12H,2-10H2,1H3,(H,15,16). The van der Waals surface area contributed by atoms with Gasteiger partial charge in [-0.1, -0.05) is 6.92 Å². The van der Waals surface area contributed by atoms with E-state index in [1.807, 2.05) is 0 Å². The van der Waals surface area contributed by atoms with Crippen LogP contribution >= 0.6 is 0 Å². The molecule has 1 aliphatic heterocycles. The van der Waals surface area contributed by atoms with E-state index in [1.54, 1.807) is 0 Å². The molecule has 2 rings (SSSR count). The van der Waals surface area contributed by atoms with Crippen LogP contribution in [0.3, 0.4) is 0 Å². The predicted octanol–water partition coefficient (Wildman–Crippen LogP) is 3.23. The number of carboxylic acid groups (broad SMARTS) is 1. The van der Waals surface area contributed by atoms with Crippen molar-refractivity contribution in [2.45, 2.75) is 64.4 Å². The van der Waals surface area contributed by atoms with Gasteiger partial charge in [-0.25, -0.2) is 0 Å². The van der Waals surface area contributed by atoms with E-state index in [0.29, 0.717) is 12.0 Å². The van der Waals surface area contributed by atoms with Crippen molar-refractivity contribution in [2.24, 2.45) is 11.3 Å². The second kappa shape index (κ2) is 5.38. The Labute approximate surface area is 104 Å². The van der Waals surface area contributed by atoms with Crippen LogP contribution in [-0.4, -0.2) is 23.8 Å². The Balaban J connectivity index is 1.80. The third kappa shape index (κ3) is 3.01. The average molecular weight is 240 g/mol. The van der Waals surface area contributed by atoms with E-state index in [-0.39, 0.29) is 0 Å². The van der Waals surface area contributed by atoms with Crippen molar-refractivity contribution in [3.05, 3.63) is 0 Å². The second-order valence-electron chi connectivity index (χ2n) is 5.96. The molecule has 3 nitrogen and oxygen atoms in total. The number of hydrogen-bond acceptors (Lipinski definition) is 2. The molecule has 0 spiro atoms. The lowest BCUT2D eigenvalue weighted by Gasteiger charge is -2.24. The molecule has 0 bridgehead atoms. The zero-order chi connectivity index (χ0) is 12.3. The summed E-state index contributed by atoms with van der Waals surface area (Å²) in [5.74, 6) is 0.00280. The van der Waals surface area contributed by atoms with Crippen molar-refractivity contribution in [1.82, 2.24) is 0 Å². The van der Waals surface area contributed by atoms with Gasteiger partial charge >= 0.3 is 5.97 Å². The Morgan fingerprint density at radius 2 is 2.29 bits per heavy atom. The monoisotopic (exact) mass is 240 g/mol. The summed E-state index contributed by atoms with van der Waals surface area (Å²) in [6, 6.07) is 0. The Morgan fingerprint density at radius 3 is 2.82 bits per heavy atom. The largest absolute Gasteiger partial charge is 0.481 e. The van der Waals surface area contributed by atoms with Crippen LogP contribution in [0.5, 0.6) is 0 Å². The molecule has 1 saturated heterocycles. The minimum Gasteiger partial charge on any atom is -0.481 e. The second-order valence-corrected chi connectivity index (χ2v) is 5.96. The van der Waals surface area contributed by atoms with E-state index in [0.717, 1.165) is 51.6 Å². The molecule has 0 radical (unpaired) electrons. The fraction of sp³-hybridized carbons (Fsp3) is 0.929. The van der Waals surface area contributed by atoms with E-state index in [4.69, 9.17) is 4.74 Å². The molecule has 0 amide bonds. The van der Waals surface area contributed by atoms with Crippen LogP contribution < -0.4 is 0 Å². The van der Waals surface area contributed by atoms with Gasteiger partial charge in [-0.05, 0) is 57.3 Å². The lowest BCUT2D eigenvalue weighted by atomic mass is 9.80. The minimum atomic E-state index is -0.575. The van der Waals surface area contributed by atoms with Crippen LogP contribution in [0.15, 0.2) is 0 Å². The molecule has 0 aromatic rings. The van der Waals surface area contributed by atoms with Gasteiger partial charge in [0.15, 0.2) is 0 Å². The number of rotatable bonds is 5. The van der Waals surface area contributed by atoms with E-state index < -0.39 is 11.4 Å². The molecule has 98 valence electrons. The van der Waals surface area contributed by atoms with Crippen molar-refractivity contribution < 1.29 is 14.6 Å². The van der Waals surface area contributed by atoms with E-state index >= 15 is 0 Å². The Morgan fingerprint density at radius 1 is 1.47 bits per heavy atom. The van der Waals surface area contributed by atoms with Crippen LogP contribution in [0.4, 0.5) is 0 Å². The molecule has 3 heteroatoms. The summed E-state index contributed by atoms with van der Waals surface area (Å²) >= 11 is 0. The number of ether oxygens (including phenoxy) is 1. The normalized spacial score (nSPS) is 37.5. The predicted molar refractivity (Wildman–Crippen MR) is 65.9 cm³/mol. The Hall–Kier alpha value is -0.570. The molecule has 3 unspecified atom stereocenters. The summed E-state index contributed by atoms with van der Waals surface area (Å²) in [6.45, 7) is 3.07. The maximum Gasteiger partial charge on any atom is 0.309 e. The molecule has 1 saturated carbocycles. The molecule has 17 heavy (non-hydrogen) atoms. The van der Waals surface area contributed by atoms with Crippen LogP contribution in [0.25, 0.3) is 0 Å². The van der Waals surface area contributed by atoms with Gasteiger partial charge in [-0.2, -0.15) is 0 Å². The zero-order valence-corrected chi connectivity index (χ0v) is 10.8. The summed E-state index contributed by atoms with van der Waals surface area (Å²) in [6.07, 6.45) is 8.44. The summed E-state index contributed by atoms with van der Waals surface area (Å²) in [7, 11) is 0. The molecule has 0 aromatic carbocycles. The molecule has 2 aliphatic rings. The fourth-order valence-corrected chi connectivity index (χ4v) is 3.46. The van der Waals surface area contributed by atoms with Gasteiger partial charge < -0.3 is 9.84 Å². The fourth-order valence-electron chi connectivity index (χ4n) is 3.46. The van der Waals surface area contributed by atoms with Gasteiger partial charge in [0.2, 0.25) is 0 Å². The topological polar surface area (TPSA) is 46.5 Å². The molecular formula is C14H24O3. The summed E-state index contributed by atoms with van der Waals surface area (Å²) in [5.41, 5.74) is -0.419. The lowest BCUT2D eigenvalue weighted by Crippen LogP contribution is -2.28. The molecule has 3 atom stereocenters. The van der Waals surface area contributed by atoms with E-state index in [2.05, 4.69) is 6.92 Å². The first-order chi connectivity index (χ1) is 8.12. The maximum atomic E-state index is 11.5.